The van der Waals surface area contributed by atoms with E-state index in [4.69, 9.17) is 10.00 Å². The summed E-state index contributed by atoms with van der Waals surface area (Å²) in [7, 11) is 0. The molecule has 0 saturated carbocycles. The van der Waals surface area contributed by atoms with Gasteiger partial charge in [0.25, 0.3) is 0 Å². The third-order valence-electron chi connectivity index (χ3n) is 2.42. The molecule has 2 rings (SSSR count). The summed E-state index contributed by atoms with van der Waals surface area (Å²) >= 11 is 0. The predicted octanol–water partition coefficient (Wildman–Crippen LogP) is 4.42. The molecule has 0 spiro atoms. The quantitative estimate of drug-likeness (QED) is 0.755. The zero-order chi connectivity index (χ0) is 13.8. The number of benzene rings is 2. The number of rotatable bonds is 4. The molecule has 98 valence electrons. The summed E-state index contributed by atoms with van der Waals surface area (Å²) in [4.78, 5) is 0. The first-order chi connectivity index (χ1) is 9.36. The Labute approximate surface area is 115 Å². The van der Waals surface area contributed by atoms with Gasteiger partial charge in [-0.1, -0.05) is 49.7 Å². The van der Waals surface area contributed by atoms with Crippen molar-refractivity contribution in [3.8, 4) is 11.8 Å². The molecule has 0 heterocycles. The Hall–Kier alpha value is -2.27. The van der Waals surface area contributed by atoms with E-state index >= 15 is 0 Å². The van der Waals surface area contributed by atoms with Gasteiger partial charge in [0.05, 0.1) is 18.2 Å². The third kappa shape index (κ3) is 6.90. The fourth-order valence-corrected chi connectivity index (χ4v) is 1.34. The van der Waals surface area contributed by atoms with Crippen LogP contribution in [0.4, 0.5) is 0 Å². The number of unbranched alkanes of at least 4 members (excludes halogenated alkanes) is 1. The zero-order valence-electron chi connectivity index (χ0n) is 11.3. The molecule has 0 fully saturated rings. The average Bonchev–Trinajstić information content (AvgIpc) is 2.51. The van der Waals surface area contributed by atoms with Crippen molar-refractivity contribution in [1.82, 2.24) is 0 Å². The molecule has 2 heteroatoms. The third-order valence-corrected chi connectivity index (χ3v) is 2.42. The fourth-order valence-electron chi connectivity index (χ4n) is 1.34. The lowest BCUT2D eigenvalue weighted by molar-refractivity contribution is 0.309. The molecule has 0 saturated heterocycles. The number of nitrogens with zero attached hydrogens (tertiary/aromatic N) is 1. The van der Waals surface area contributed by atoms with E-state index < -0.39 is 0 Å². The van der Waals surface area contributed by atoms with Crippen molar-refractivity contribution in [3.05, 3.63) is 66.2 Å². The van der Waals surface area contributed by atoms with E-state index in [1.165, 1.54) is 0 Å². The van der Waals surface area contributed by atoms with E-state index in [0.717, 1.165) is 25.2 Å². The molecule has 2 nitrogen and oxygen atoms in total. The fraction of sp³-hybridized carbons (Fsp3) is 0.235. The Morgan fingerprint density at radius 1 is 0.947 bits per heavy atom. The Morgan fingerprint density at radius 3 is 1.89 bits per heavy atom. The summed E-state index contributed by atoms with van der Waals surface area (Å²) in [6.07, 6.45) is 2.20. The summed E-state index contributed by atoms with van der Waals surface area (Å²) in [5.41, 5.74) is 0.669. The van der Waals surface area contributed by atoms with Gasteiger partial charge in [-0.25, -0.2) is 0 Å². The van der Waals surface area contributed by atoms with Crippen LogP contribution in [0.25, 0.3) is 0 Å². The minimum absolute atomic E-state index is 0.669. The van der Waals surface area contributed by atoms with Crippen molar-refractivity contribution in [2.45, 2.75) is 19.8 Å². The van der Waals surface area contributed by atoms with Crippen LogP contribution in [0.15, 0.2) is 60.7 Å². The summed E-state index contributed by atoms with van der Waals surface area (Å²) < 4.78 is 5.44. The molecule has 0 aliphatic heterocycles. The summed E-state index contributed by atoms with van der Waals surface area (Å²) in [6.45, 7) is 2.88. The van der Waals surface area contributed by atoms with E-state index in [0.29, 0.717) is 5.56 Å². The second-order valence-electron chi connectivity index (χ2n) is 3.99. The minimum Gasteiger partial charge on any atom is -0.494 e. The number of hydrogen-bond acceptors (Lipinski definition) is 2. The molecular formula is C17H19NO. The molecule has 0 amide bonds. The maximum Gasteiger partial charge on any atom is 0.119 e. The van der Waals surface area contributed by atoms with Crippen LogP contribution < -0.4 is 4.74 Å². The Morgan fingerprint density at radius 2 is 1.47 bits per heavy atom. The second-order valence-corrected chi connectivity index (χ2v) is 3.99. The van der Waals surface area contributed by atoms with Crippen molar-refractivity contribution in [3.63, 3.8) is 0 Å². The molecule has 19 heavy (non-hydrogen) atoms. The maximum absolute atomic E-state index is 8.55. The lowest BCUT2D eigenvalue weighted by Crippen LogP contribution is -1.95. The van der Waals surface area contributed by atoms with Crippen LogP contribution in [0.3, 0.4) is 0 Å². The Balaban J connectivity index is 0.000000250. The van der Waals surface area contributed by atoms with Crippen LogP contribution in [0.2, 0.25) is 0 Å². The van der Waals surface area contributed by atoms with Crippen molar-refractivity contribution in [2.24, 2.45) is 0 Å². The van der Waals surface area contributed by atoms with Gasteiger partial charge in [0.2, 0.25) is 0 Å². The average molecular weight is 253 g/mol. The largest absolute Gasteiger partial charge is 0.494 e. The van der Waals surface area contributed by atoms with Gasteiger partial charge in [-0.05, 0) is 30.7 Å². The van der Waals surface area contributed by atoms with E-state index in [-0.39, 0.29) is 0 Å². The molecule has 0 radical (unpaired) electrons. The monoisotopic (exact) mass is 253 g/mol. The minimum atomic E-state index is 0.669. The molecular weight excluding hydrogens is 234 g/mol. The van der Waals surface area contributed by atoms with Gasteiger partial charge < -0.3 is 4.74 Å². The van der Waals surface area contributed by atoms with E-state index in [1.54, 1.807) is 12.1 Å². The SMILES string of the molecule is CCCCOc1ccc(C#N)cc1.c1ccccc1. The van der Waals surface area contributed by atoms with Gasteiger partial charge in [0.1, 0.15) is 5.75 Å². The number of ether oxygens (including phenoxy) is 1. The van der Waals surface area contributed by atoms with Gasteiger partial charge >= 0.3 is 0 Å². The summed E-state index contributed by atoms with van der Waals surface area (Å²) in [5.74, 6) is 0.840. The van der Waals surface area contributed by atoms with Crippen molar-refractivity contribution in [1.29, 1.82) is 5.26 Å². The van der Waals surface area contributed by atoms with E-state index in [1.807, 2.05) is 48.5 Å². The summed E-state index contributed by atoms with van der Waals surface area (Å²) in [5, 5.41) is 8.55. The number of nitriles is 1. The molecule has 2 aromatic rings. The maximum atomic E-state index is 8.55. The van der Waals surface area contributed by atoms with Crippen LogP contribution >= 0.6 is 0 Å². The number of hydrogen-bond donors (Lipinski definition) is 0. The Kier molecular flexibility index (Phi) is 7.57. The van der Waals surface area contributed by atoms with Gasteiger partial charge in [-0.3, -0.25) is 0 Å². The van der Waals surface area contributed by atoms with Crippen LogP contribution in [0, 0.1) is 11.3 Å². The molecule has 0 unspecified atom stereocenters. The van der Waals surface area contributed by atoms with Crippen LogP contribution in [-0.4, -0.2) is 6.61 Å². The zero-order valence-corrected chi connectivity index (χ0v) is 11.3. The van der Waals surface area contributed by atoms with Gasteiger partial charge in [-0.15, -0.1) is 0 Å². The van der Waals surface area contributed by atoms with Crippen LogP contribution in [-0.2, 0) is 0 Å². The van der Waals surface area contributed by atoms with Gasteiger partial charge in [0.15, 0.2) is 0 Å². The molecule has 0 aromatic heterocycles. The van der Waals surface area contributed by atoms with E-state index in [9.17, 15) is 0 Å². The lowest BCUT2D eigenvalue weighted by Gasteiger charge is -2.03. The topological polar surface area (TPSA) is 33.0 Å². The Bertz CT molecular complexity index is 444. The standard InChI is InChI=1S/C11H13NO.C6H6/c1-2-3-8-13-11-6-4-10(9-12)5-7-11;1-2-4-6-5-3-1/h4-7H,2-3,8H2,1H3;1-6H. The summed E-state index contributed by atoms with van der Waals surface area (Å²) in [6, 6.07) is 21.3. The van der Waals surface area contributed by atoms with Gasteiger partial charge in [-0.2, -0.15) is 5.26 Å². The van der Waals surface area contributed by atoms with Crippen LogP contribution in [0.1, 0.15) is 25.3 Å². The highest BCUT2D eigenvalue weighted by atomic mass is 16.5. The highest BCUT2D eigenvalue weighted by molar-refractivity contribution is 5.34. The molecule has 2 aromatic carbocycles. The lowest BCUT2D eigenvalue weighted by atomic mass is 10.2. The highest BCUT2D eigenvalue weighted by Crippen LogP contribution is 2.11. The second kappa shape index (κ2) is 9.73. The van der Waals surface area contributed by atoms with Crippen molar-refractivity contribution in [2.75, 3.05) is 6.61 Å². The van der Waals surface area contributed by atoms with Gasteiger partial charge in [0, 0.05) is 0 Å². The first-order valence-electron chi connectivity index (χ1n) is 6.49. The molecule has 0 bridgehead atoms. The predicted molar refractivity (Wildman–Crippen MR) is 78.0 cm³/mol. The highest BCUT2D eigenvalue weighted by Gasteiger charge is 1.93. The molecule has 0 N–H and O–H groups in total. The first kappa shape index (κ1) is 14.8. The van der Waals surface area contributed by atoms with Crippen LogP contribution in [0.5, 0.6) is 5.75 Å². The first-order valence-corrected chi connectivity index (χ1v) is 6.49. The smallest absolute Gasteiger partial charge is 0.119 e. The normalized spacial score (nSPS) is 8.84. The van der Waals surface area contributed by atoms with Crippen molar-refractivity contribution >= 4 is 0 Å². The molecule has 0 aliphatic rings. The van der Waals surface area contributed by atoms with Crippen molar-refractivity contribution < 1.29 is 4.74 Å². The molecule has 0 atom stereocenters. The molecule has 0 aliphatic carbocycles. The van der Waals surface area contributed by atoms with E-state index in [2.05, 4.69) is 13.0 Å².